The Labute approximate surface area is 251 Å². The van der Waals surface area contributed by atoms with Crippen molar-refractivity contribution in [1.82, 2.24) is 19.0 Å². The third kappa shape index (κ3) is 6.69. The van der Waals surface area contributed by atoms with Crippen molar-refractivity contribution in [2.24, 2.45) is 5.92 Å². The van der Waals surface area contributed by atoms with Gasteiger partial charge in [-0.15, -0.1) is 0 Å². The molecule has 0 N–H and O–H groups in total. The molecule has 2 saturated heterocycles. The molecule has 0 spiro atoms. The average Bonchev–Trinajstić information content (AvgIpc) is 3.48. The van der Waals surface area contributed by atoms with Gasteiger partial charge in [0.1, 0.15) is 17.3 Å². The van der Waals surface area contributed by atoms with Gasteiger partial charge in [-0.1, -0.05) is 30.3 Å². The average molecular weight is 604 g/mol. The lowest BCUT2D eigenvalue weighted by Gasteiger charge is -2.30. The molecule has 2 aromatic carbocycles. The molecule has 3 heterocycles. The summed E-state index contributed by atoms with van der Waals surface area (Å²) in [7, 11) is -3.86. The zero-order valence-corrected chi connectivity index (χ0v) is 24.7. The van der Waals surface area contributed by atoms with Crippen LogP contribution in [0.15, 0.2) is 71.3 Å². The van der Waals surface area contributed by atoms with E-state index < -0.39 is 15.9 Å². The fourth-order valence-electron chi connectivity index (χ4n) is 5.21. The molecule has 5 rings (SSSR count). The Balaban J connectivity index is 1.48. The fourth-order valence-corrected chi connectivity index (χ4v) is 6.73. The lowest BCUT2D eigenvalue weighted by molar-refractivity contribution is -0.149. The number of hydrogen-bond donors (Lipinski definition) is 0. The molecule has 2 aliphatic heterocycles. The van der Waals surface area contributed by atoms with Crippen molar-refractivity contribution < 1.29 is 27.5 Å². The summed E-state index contributed by atoms with van der Waals surface area (Å²) in [6, 6.07) is 17.9. The summed E-state index contributed by atoms with van der Waals surface area (Å²) in [5.74, 6) is -1.00. The molecule has 12 heteroatoms. The van der Waals surface area contributed by atoms with E-state index in [-0.39, 0.29) is 35.4 Å². The van der Waals surface area contributed by atoms with Crippen LogP contribution in [0.2, 0.25) is 0 Å². The number of hydrogen-bond acceptors (Lipinski definition) is 8. The second kappa shape index (κ2) is 13.3. The van der Waals surface area contributed by atoms with E-state index in [1.54, 1.807) is 40.9 Å². The van der Waals surface area contributed by atoms with Crippen LogP contribution in [0.3, 0.4) is 0 Å². The largest absolute Gasteiger partial charge is 0.466 e. The van der Waals surface area contributed by atoms with Crippen LogP contribution in [0, 0.1) is 17.2 Å². The fraction of sp³-hybridized carbons (Fsp3) is 0.355. The number of carbonyl (C=O) groups is 2. The first-order chi connectivity index (χ1) is 20.8. The van der Waals surface area contributed by atoms with Gasteiger partial charge in [-0.25, -0.2) is 13.1 Å². The van der Waals surface area contributed by atoms with Gasteiger partial charge >= 0.3 is 5.97 Å². The number of amides is 1. The number of aromatic nitrogens is 2. The number of carbonyl (C=O) groups excluding carboxylic acids is 2. The van der Waals surface area contributed by atoms with Crippen molar-refractivity contribution in [3.63, 3.8) is 0 Å². The minimum atomic E-state index is -3.86. The van der Waals surface area contributed by atoms with Gasteiger partial charge in [-0.05, 0) is 50.1 Å². The molecular formula is C31H33N5O6S. The van der Waals surface area contributed by atoms with E-state index in [9.17, 15) is 23.3 Å². The lowest BCUT2D eigenvalue weighted by Crippen LogP contribution is -2.41. The maximum absolute atomic E-state index is 13.6. The molecule has 3 aromatic rings. The Morgan fingerprint density at radius 1 is 1.07 bits per heavy atom. The maximum atomic E-state index is 13.6. The number of esters is 1. The van der Waals surface area contributed by atoms with Crippen molar-refractivity contribution in [1.29, 1.82) is 5.26 Å². The quantitative estimate of drug-likeness (QED) is 0.218. The van der Waals surface area contributed by atoms with E-state index in [0.29, 0.717) is 62.6 Å². The first-order valence-corrected chi connectivity index (χ1v) is 15.7. The third-order valence-electron chi connectivity index (χ3n) is 7.53. The molecule has 2 fully saturated rings. The van der Waals surface area contributed by atoms with Gasteiger partial charge in [0.15, 0.2) is 0 Å². The molecule has 1 aromatic heterocycles. The van der Waals surface area contributed by atoms with Gasteiger partial charge < -0.3 is 14.4 Å². The van der Waals surface area contributed by atoms with E-state index in [4.69, 9.17) is 14.6 Å². The molecule has 0 bridgehead atoms. The third-order valence-corrected chi connectivity index (χ3v) is 9.43. The van der Waals surface area contributed by atoms with E-state index in [2.05, 4.69) is 0 Å². The molecule has 224 valence electrons. The first-order valence-electron chi connectivity index (χ1n) is 14.2. The van der Waals surface area contributed by atoms with Crippen LogP contribution in [0.1, 0.15) is 25.3 Å². The first kappa shape index (κ1) is 30.2. The van der Waals surface area contributed by atoms with E-state index in [1.165, 1.54) is 16.4 Å². The van der Waals surface area contributed by atoms with Crippen molar-refractivity contribution in [3.8, 4) is 23.0 Å². The Morgan fingerprint density at radius 2 is 1.79 bits per heavy atom. The van der Waals surface area contributed by atoms with Crippen LogP contribution < -0.4 is 0 Å². The molecule has 0 unspecified atom stereocenters. The monoisotopic (exact) mass is 603 g/mol. The Hall–Kier alpha value is -4.31. The smallest absolute Gasteiger partial charge is 0.309 e. The Bertz CT molecular complexity index is 1650. The maximum Gasteiger partial charge on any atom is 0.309 e. The highest BCUT2D eigenvalue weighted by Crippen LogP contribution is 2.30. The van der Waals surface area contributed by atoms with Crippen LogP contribution >= 0.6 is 0 Å². The number of nitriles is 1. The SMILES string of the molecule is CCOC(=O)C1CCN(S(=O)(=O)c2cccc(-c3nn(-c4ccccc4)cc3/C=C(/C#N)C(=O)N3CCOCC3)c2)CC1. The van der Waals surface area contributed by atoms with Crippen LogP contribution in [0.5, 0.6) is 0 Å². The zero-order valence-electron chi connectivity index (χ0n) is 23.9. The van der Waals surface area contributed by atoms with Gasteiger partial charge in [0.25, 0.3) is 5.91 Å². The normalized spacial score (nSPS) is 16.9. The van der Waals surface area contributed by atoms with Crippen LogP contribution in [0.4, 0.5) is 0 Å². The van der Waals surface area contributed by atoms with Gasteiger partial charge in [-0.3, -0.25) is 9.59 Å². The number of nitrogens with zero attached hydrogens (tertiary/aromatic N) is 5. The summed E-state index contributed by atoms with van der Waals surface area (Å²) in [6.45, 7) is 4.06. The lowest BCUT2D eigenvalue weighted by atomic mass is 9.98. The second-order valence-electron chi connectivity index (χ2n) is 10.2. The van der Waals surface area contributed by atoms with Gasteiger partial charge in [-0.2, -0.15) is 14.7 Å². The highest BCUT2D eigenvalue weighted by molar-refractivity contribution is 7.89. The molecule has 0 saturated carbocycles. The van der Waals surface area contributed by atoms with E-state index in [1.807, 2.05) is 36.4 Å². The summed E-state index contributed by atoms with van der Waals surface area (Å²) in [5, 5.41) is 14.7. The number of rotatable bonds is 8. The molecule has 11 nitrogen and oxygen atoms in total. The summed E-state index contributed by atoms with van der Waals surface area (Å²) in [5.41, 5.74) is 2.13. The van der Waals surface area contributed by atoms with Gasteiger partial charge in [0.05, 0.1) is 36.3 Å². The van der Waals surface area contributed by atoms with Crippen molar-refractivity contribution >= 4 is 28.0 Å². The molecule has 0 atom stereocenters. The molecule has 43 heavy (non-hydrogen) atoms. The Morgan fingerprint density at radius 3 is 2.47 bits per heavy atom. The predicted octanol–water partition coefficient (Wildman–Crippen LogP) is 3.27. The molecule has 2 aliphatic rings. The summed E-state index contributed by atoms with van der Waals surface area (Å²) in [4.78, 5) is 27.0. The number of piperidine rings is 1. The molecule has 0 aliphatic carbocycles. The number of sulfonamides is 1. The Kier molecular flexibility index (Phi) is 9.35. The second-order valence-corrected chi connectivity index (χ2v) is 12.2. The highest BCUT2D eigenvalue weighted by atomic mass is 32.2. The van der Waals surface area contributed by atoms with E-state index in [0.717, 1.165) is 5.69 Å². The zero-order chi connectivity index (χ0) is 30.4. The highest BCUT2D eigenvalue weighted by Gasteiger charge is 2.33. The standard InChI is InChI=1S/C31H33N5O6S/c1-2-42-31(38)23-11-13-35(14-12-23)43(39,40)28-10-6-7-24(20-28)29-26(22-36(33-29)27-8-4-3-5-9-27)19-25(21-32)30(37)34-15-17-41-18-16-34/h3-10,19-20,22-23H,2,11-18H2,1H3/b25-19-. The molecular weight excluding hydrogens is 570 g/mol. The van der Waals surface area contributed by atoms with Crippen molar-refractivity contribution in [2.45, 2.75) is 24.7 Å². The summed E-state index contributed by atoms with van der Waals surface area (Å²) >= 11 is 0. The molecule has 0 radical (unpaired) electrons. The van der Waals surface area contributed by atoms with Crippen molar-refractivity contribution in [2.75, 3.05) is 46.0 Å². The van der Waals surface area contributed by atoms with E-state index >= 15 is 0 Å². The topological polar surface area (TPSA) is 135 Å². The number of benzene rings is 2. The minimum absolute atomic E-state index is 0.0518. The van der Waals surface area contributed by atoms with Crippen LogP contribution in [-0.2, 0) is 29.1 Å². The predicted molar refractivity (Wildman–Crippen MR) is 158 cm³/mol. The van der Waals surface area contributed by atoms with Gasteiger partial charge in [0, 0.05) is 43.5 Å². The van der Waals surface area contributed by atoms with Crippen molar-refractivity contribution in [3.05, 3.63) is 71.9 Å². The number of para-hydroxylation sites is 1. The summed E-state index contributed by atoms with van der Waals surface area (Å²) in [6.07, 6.45) is 4.00. The van der Waals surface area contributed by atoms with Crippen LogP contribution in [-0.4, -0.2) is 85.3 Å². The molecule has 1 amide bonds. The minimum Gasteiger partial charge on any atom is -0.466 e. The number of morpholine rings is 1. The van der Waals surface area contributed by atoms with Gasteiger partial charge in [0.2, 0.25) is 10.0 Å². The summed E-state index contributed by atoms with van der Waals surface area (Å²) < 4.78 is 40.8. The number of ether oxygens (including phenoxy) is 2. The van der Waals surface area contributed by atoms with Crippen LogP contribution in [0.25, 0.3) is 23.0 Å².